The molecule has 2 heterocycles. The number of hydrogen-bond acceptors (Lipinski definition) is 8. The van der Waals surface area contributed by atoms with Crippen LogP contribution in [-0.4, -0.2) is 39.4 Å². The molecular formula is C26H31N5O4S2. The van der Waals surface area contributed by atoms with E-state index in [2.05, 4.69) is 29.0 Å². The van der Waals surface area contributed by atoms with Crippen LogP contribution in [0, 0.1) is 5.92 Å². The van der Waals surface area contributed by atoms with Crippen molar-refractivity contribution in [2.75, 3.05) is 18.2 Å². The number of primary amides is 1. The Labute approximate surface area is 224 Å². The SMILES string of the molecule is C=CCn1c(SCC(=O)Nc2sc3c(c2C(N)=O)CCC(C)C3)nnc1C(C)Oc1ccc(OC)cc1. The second-order valence-electron chi connectivity index (χ2n) is 8.93. The van der Waals surface area contributed by atoms with Gasteiger partial charge in [0.1, 0.15) is 16.5 Å². The Morgan fingerprint density at radius 2 is 2.05 bits per heavy atom. The number of methoxy groups -OCH3 is 1. The fourth-order valence-electron chi connectivity index (χ4n) is 4.31. The molecule has 0 saturated carbocycles. The van der Waals surface area contributed by atoms with Crippen LogP contribution < -0.4 is 20.5 Å². The van der Waals surface area contributed by atoms with Crippen LogP contribution in [0.2, 0.25) is 0 Å². The summed E-state index contributed by atoms with van der Waals surface area (Å²) >= 11 is 2.71. The number of amides is 2. The zero-order chi connectivity index (χ0) is 26.5. The quantitative estimate of drug-likeness (QED) is 0.268. The maximum absolute atomic E-state index is 12.9. The summed E-state index contributed by atoms with van der Waals surface area (Å²) in [6, 6.07) is 7.30. The van der Waals surface area contributed by atoms with Gasteiger partial charge in [0.2, 0.25) is 5.91 Å². The molecule has 11 heteroatoms. The van der Waals surface area contributed by atoms with Gasteiger partial charge in [0.05, 0.1) is 18.4 Å². The number of fused-ring (bicyclic) bond motifs is 1. The Morgan fingerprint density at radius 1 is 1.32 bits per heavy atom. The molecule has 2 atom stereocenters. The smallest absolute Gasteiger partial charge is 0.251 e. The number of carbonyl (C=O) groups excluding carboxylic acids is 2. The van der Waals surface area contributed by atoms with Crippen LogP contribution in [0.1, 0.15) is 53.0 Å². The van der Waals surface area contributed by atoms with Gasteiger partial charge in [-0.15, -0.1) is 28.1 Å². The second-order valence-corrected chi connectivity index (χ2v) is 11.0. The fourth-order valence-corrected chi connectivity index (χ4v) is 6.50. The molecule has 2 unspecified atom stereocenters. The van der Waals surface area contributed by atoms with E-state index >= 15 is 0 Å². The number of ether oxygens (including phenoxy) is 2. The topological polar surface area (TPSA) is 121 Å². The molecule has 1 aliphatic rings. The van der Waals surface area contributed by atoms with Crippen LogP contribution in [0.3, 0.4) is 0 Å². The van der Waals surface area contributed by atoms with E-state index in [1.807, 2.05) is 35.8 Å². The minimum atomic E-state index is -0.503. The van der Waals surface area contributed by atoms with Crippen molar-refractivity contribution in [1.29, 1.82) is 0 Å². The maximum atomic E-state index is 12.9. The first kappa shape index (κ1) is 26.7. The van der Waals surface area contributed by atoms with Gasteiger partial charge in [0.25, 0.3) is 5.91 Å². The van der Waals surface area contributed by atoms with E-state index in [1.165, 1.54) is 23.1 Å². The number of benzene rings is 1. The van der Waals surface area contributed by atoms with Crippen LogP contribution in [0.25, 0.3) is 0 Å². The molecule has 0 aliphatic heterocycles. The van der Waals surface area contributed by atoms with E-state index in [4.69, 9.17) is 15.2 Å². The maximum Gasteiger partial charge on any atom is 0.251 e. The number of aromatic nitrogens is 3. The van der Waals surface area contributed by atoms with E-state index in [1.54, 1.807) is 13.2 Å². The van der Waals surface area contributed by atoms with Crippen LogP contribution in [0.15, 0.2) is 42.1 Å². The van der Waals surface area contributed by atoms with Crippen molar-refractivity contribution >= 4 is 39.9 Å². The molecule has 1 aromatic carbocycles. The number of carbonyl (C=O) groups is 2. The van der Waals surface area contributed by atoms with Crippen molar-refractivity contribution in [2.45, 2.75) is 50.9 Å². The predicted molar refractivity (Wildman–Crippen MR) is 146 cm³/mol. The van der Waals surface area contributed by atoms with Gasteiger partial charge in [-0.1, -0.05) is 24.8 Å². The monoisotopic (exact) mass is 541 g/mol. The lowest BCUT2D eigenvalue weighted by Gasteiger charge is -2.18. The third-order valence-electron chi connectivity index (χ3n) is 6.14. The van der Waals surface area contributed by atoms with Crippen molar-refractivity contribution < 1.29 is 19.1 Å². The van der Waals surface area contributed by atoms with E-state index in [0.29, 0.717) is 39.8 Å². The molecule has 9 nitrogen and oxygen atoms in total. The summed E-state index contributed by atoms with van der Waals surface area (Å²) < 4.78 is 13.1. The first-order valence-corrected chi connectivity index (χ1v) is 13.8. The first-order chi connectivity index (χ1) is 17.8. The highest BCUT2D eigenvalue weighted by Crippen LogP contribution is 2.39. The lowest BCUT2D eigenvalue weighted by atomic mass is 9.88. The number of nitrogens with one attached hydrogen (secondary N) is 1. The summed E-state index contributed by atoms with van der Waals surface area (Å²) in [5, 5.41) is 12.6. The number of thioether (sulfide) groups is 1. The number of rotatable bonds is 11. The molecule has 0 fully saturated rings. The van der Waals surface area contributed by atoms with E-state index in [9.17, 15) is 9.59 Å². The minimum absolute atomic E-state index is 0.0974. The molecule has 0 bridgehead atoms. The number of nitrogens with two attached hydrogens (primary N) is 1. The number of thiophene rings is 1. The Hall–Kier alpha value is -3.31. The summed E-state index contributed by atoms with van der Waals surface area (Å²) in [5.41, 5.74) is 7.11. The molecule has 4 rings (SSSR count). The normalized spacial score (nSPS) is 15.5. The first-order valence-electron chi connectivity index (χ1n) is 12.0. The predicted octanol–water partition coefficient (Wildman–Crippen LogP) is 4.63. The molecule has 1 aliphatic carbocycles. The molecule has 0 spiro atoms. The van der Waals surface area contributed by atoms with Crippen molar-refractivity contribution in [3.05, 3.63) is 58.7 Å². The highest BCUT2D eigenvalue weighted by molar-refractivity contribution is 7.99. The molecule has 2 amide bonds. The fraction of sp³-hybridized carbons (Fsp3) is 0.385. The van der Waals surface area contributed by atoms with Crippen molar-refractivity contribution in [3.63, 3.8) is 0 Å². The zero-order valence-corrected chi connectivity index (χ0v) is 22.8. The standard InChI is InChI=1S/C26H31N5O4S2/c1-5-12-31-24(16(3)35-18-9-7-17(34-4)8-10-18)29-30-26(31)36-14-21(32)28-25-22(23(27)33)19-11-6-15(2)13-20(19)37-25/h5,7-10,15-16H,1,6,11-14H2,2-4H3,(H2,27,33)(H,28,32). The molecule has 0 radical (unpaired) electrons. The summed E-state index contributed by atoms with van der Waals surface area (Å²) in [6.45, 7) is 8.38. The number of hydrogen-bond donors (Lipinski definition) is 2. The Kier molecular flexibility index (Phi) is 8.55. The molecule has 3 N–H and O–H groups in total. The lowest BCUT2D eigenvalue weighted by molar-refractivity contribution is -0.113. The molecule has 2 aromatic heterocycles. The van der Waals surface area contributed by atoms with Gasteiger partial charge in [-0.3, -0.25) is 14.2 Å². The zero-order valence-electron chi connectivity index (χ0n) is 21.2. The van der Waals surface area contributed by atoms with Gasteiger partial charge in [0.15, 0.2) is 17.1 Å². The van der Waals surface area contributed by atoms with Crippen molar-refractivity contribution in [3.8, 4) is 11.5 Å². The van der Waals surface area contributed by atoms with Gasteiger partial charge in [-0.25, -0.2) is 0 Å². The number of nitrogens with zero attached hydrogens (tertiary/aromatic N) is 3. The molecule has 37 heavy (non-hydrogen) atoms. The average molecular weight is 542 g/mol. The van der Waals surface area contributed by atoms with Gasteiger partial charge in [-0.2, -0.15) is 0 Å². The summed E-state index contributed by atoms with van der Waals surface area (Å²) in [5.74, 6) is 1.94. The van der Waals surface area contributed by atoms with Crippen molar-refractivity contribution in [1.82, 2.24) is 14.8 Å². The van der Waals surface area contributed by atoms with E-state index in [-0.39, 0.29) is 17.8 Å². The highest BCUT2D eigenvalue weighted by Gasteiger charge is 2.27. The van der Waals surface area contributed by atoms with Crippen molar-refractivity contribution in [2.24, 2.45) is 11.7 Å². The van der Waals surface area contributed by atoms with Gasteiger partial charge < -0.3 is 20.5 Å². The summed E-state index contributed by atoms with van der Waals surface area (Å²) in [7, 11) is 1.61. The summed E-state index contributed by atoms with van der Waals surface area (Å²) in [4.78, 5) is 26.2. The largest absolute Gasteiger partial charge is 0.497 e. The van der Waals surface area contributed by atoms with Crippen LogP contribution >= 0.6 is 23.1 Å². The van der Waals surface area contributed by atoms with Gasteiger partial charge in [-0.05, 0) is 61.9 Å². The average Bonchev–Trinajstić information content (AvgIpc) is 3.43. The van der Waals surface area contributed by atoms with E-state index < -0.39 is 5.91 Å². The van der Waals surface area contributed by atoms with E-state index in [0.717, 1.165) is 35.5 Å². The molecule has 0 saturated heterocycles. The highest BCUT2D eigenvalue weighted by atomic mass is 32.2. The van der Waals surface area contributed by atoms with Crippen LogP contribution in [0.5, 0.6) is 11.5 Å². The second kappa shape index (κ2) is 11.8. The lowest BCUT2D eigenvalue weighted by Crippen LogP contribution is -2.20. The Bertz CT molecular complexity index is 1280. The molecule has 3 aromatic rings. The summed E-state index contributed by atoms with van der Waals surface area (Å²) in [6.07, 6.45) is 4.07. The number of anilines is 1. The van der Waals surface area contributed by atoms with Gasteiger partial charge >= 0.3 is 0 Å². The Morgan fingerprint density at radius 3 is 2.73 bits per heavy atom. The number of allylic oxidation sites excluding steroid dienone is 1. The van der Waals surface area contributed by atoms with Crippen LogP contribution in [-0.2, 0) is 24.2 Å². The van der Waals surface area contributed by atoms with Crippen LogP contribution in [0.4, 0.5) is 5.00 Å². The Balaban J connectivity index is 1.44. The minimum Gasteiger partial charge on any atom is -0.497 e. The van der Waals surface area contributed by atoms with Gasteiger partial charge in [0, 0.05) is 11.4 Å². The molecule has 196 valence electrons. The third kappa shape index (κ3) is 6.16. The third-order valence-corrected chi connectivity index (χ3v) is 8.27. The molecular weight excluding hydrogens is 510 g/mol.